The molecule has 0 aliphatic rings. The lowest BCUT2D eigenvalue weighted by atomic mass is 10.2. The number of amidine groups is 1. The molecular formula is C23H27N5O4. The Morgan fingerprint density at radius 2 is 2.00 bits per heavy atom. The lowest BCUT2D eigenvalue weighted by molar-refractivity contribution is 0.146. The summed E-state index contributed by atoms with van der Waals surface area (Å²) in [4.78, 5) is 17.1. The van der Waals surface area contributed by atoms with Crippen molar-refractivity contribution in [2.24, 2.45) is 10.9 Å². The molecule has 3 aromatic rings. The number of nitrogens with one attached hydrogen (secondary N) is 1. The van der Waals surface area contributed by atoms with Crippen molar-refractivity contribution in [2.75, 3.05) is 32.7 Å². The quantitative estimate of drug-likeness (QED) is 0.291. The first-order valence-corrected chi connectivity index (χ1v) is 10.2. The molecule has 1 aromatic carbocycles. The van der Waals surface area contributed by atoms with Crippen molar-refractivity contribution in [2.45, 2.75) is 13.8 Å². The second-order valence-corrected chi connectivity index (χ2v) is 7.18. The molecule has 9 nitrogen and oxygen atoms in total. The highest BCUT2D eigenvalue weighted by Crippen LogP contribution is 2.33. The summed E-state index contributed by atoms with van der Waals surface area (Å²) in [5.74, 6) is 2.48. The molecule has 0 atom stereocenters. The van der Waals surface area contributed by atoms with E-state index < -0.39 is 0 Å². The Hall–Kier alpha value is -3.72. The van der Waals surface area contributed by atoms with Gasteiger partial charge < -0.3 is 24.6 Å². The van der Waals surface area contributed by atoms with Gasteiger partial charge >= 0.3 is 0 Å². The van der Waals surface area contributed by atoms with Crippen LogP contribution in [0.3, 0.4) is 0 Å². The number of hydrogen-bond acceptors (Lipinski definition) is 8. The van der Waals surface area contributed by atoms with Crippen LogP contribution in [0.5, 0.6) is 23.1 Å². The second kappa shape index (κ2) is 11.1. The molecule has 32 heavy (non-hydrogen) atoms. The molecule has 0 saturated heterocycles. The zero-order valence-corrected chi connectivity index (χ0v) is 18.6. The number of nitrogens with zero attached hydrogens (tertiary/aromatic N) is 4. The average molecular weight is 438 g/mol. The summed E-state index contributed by atoms with van der Waals surface area (Å²) in [6.07, 6.45) is 6.93. The van der Waals surface area contributed by atoms with E-state index in [1.165, 1.54) is 18.6 Å². The molecule has 0 bridgehead atoms. The molecule has 0 radical (unpaired) electrons. The monoisotopic (exact) mass is 437 g/mol. The van der Waals surface area contributed by atoms with Gasteiger partial charge in [0.2, 0.25) is 0 Å². The van der Waals surface area contributed by atoms with Crippen LogP contribution in [0.2, 0.25) is 0 Å². The number of aromatic nitrogens is 3. The van der Waals surface area contributed by atoms with Crippen LogP contribution in [0.15, 0.2) is 53.9 Å². The maximum atomic E-state index is 10.3. The predicted octanol–water partition coefficient (Wildman–Crippen LogP) is 4.20. The van der Waals surface area contributed by atoms with Gasteiger partial charge in [-0.15, -0.1) is 0 Å². The first-order chi connectivity index (χ1) is 15.5. The van der Waals surface area contributed by atoms with E-state index in [2.05, 4.69) is 39.1 Å². The van der Waals surface area contributed by atoms with E-state index in [1.54, 1.807) is 26.3 Å². The fourth-order valence-corrected chi connectivity index (χ4v) is 2.71. The number of methoxy groups -OCH3 is 1. The number of aromatic hydroxyl groups is 1. The summed E-state index contributed by atoms with van der Waals surface area (Å²) in [6, 6.07) is 6.78. The minimum atomic E-state index is -0.137. The van der Waals surface area contributed by atoms with E-state index in [0.717, 1.165) is 10.9 Å². The second-order valence-electron chi connectivity index (χ2n) is 7.18. The average Bonchev–Trinajstić information content (AvgIpc) is 2.78. The third-order valence-electron chi connectivity index (χ3n) is 4.31. The highest BCUT2D eigenvalue weighted by Gasteiger charge is 2.11. The van der Waals surface area contributed by atoms with E-state index in [4.69, 9.17) is 14.2 Å². The van der Waals surface area contributed by atoms with Gasteiger partial charge in [0.25, 0.3) is 5.88 Å². The summed E-state index contributed by atoms with van der Waals surface area (Å²) in [6.45, 7) is 4.98. The number of aliphatic imine (C=N–C) groups is 1. The Kier molecular flexibility index (Phi) is 7.93. The smallest absolute Gasteiger partial charge is 0.262 e. The standard InChI is InChI=1S/C23H27N5O4/c1-15(2)5-8-21(24-3)28-22-18-11-16(6-7-19(18)26-14-27-22)32-23-20(29)12-17(13-25-23)31-10-9-30-4/h5-8,11-15,29H,9-10H2,1-4H3,(H,24,26,27,28)/b8-5-. The minimum Gasteiger partial charge on any atom is -0.503 e. The van der Waals surface area contributed by atoms with E-state index in [0.29, 0.717) is 42.3 Å². The minimum absolute atomic E-state index is 0.0606. The fraction of sp³-hybridized carbons (Fsp3) is 0.304. The van der Waals surface area contributed by atoms with Gasteiger partial charge in [0.15, 0.2) is 5.75 Å². The number of fused-ring (bicyclic) bond motifs is 1. The van der Waals surface area contributed by atoms with Crippen LogP contribution in [0.1, 0.15) is 13.8 Å². The van der Waals surface area contributed by atoms with Crippen molar-refractivity contribution in [1.82, 2.24) is 15.0 Å². The fourth-order valence-electron chi connectivity index (χ4n) is 2.71. The molecule has 2 N–H and O–H groups in total. The third-order valence-corrected chi connectivity index (χ3v) is 4.31. The molecule has 0 aliphatic heterocycles. The highest BCUT2D eigenvalue weighted by atomic mass is 16.5. The number of allylic oxidation sites excluding steroid dienone is 1. The van der Waals surface area contributed by atoms with Crippen LogP contribution in [-0.4, -0.2) is 53.3 Å². The van der Waals surface area contributed by atoms with Gasteiger partial charge in [-0.3, -0.25) is 4.99 Å². The number of anilines is 1. The molecule has 3 rings (SSSR count). The Bertz CT molecular complexity index is 1110. The van der Waals surface area contributed by atoms with Crippen LogP contribution in [0.4, 0.5) is 5.82 Å². The van der Waals surface area contributed by atoms with Crippen molar-refractivity contribution < 1.29 is 19.3 Å². The first kappa shape index (κ1) is 23.0. The van der Waals surface area contributed by atoms with Gasteiger partial charge in [0.1, 0.15) is 36.1 Å². The van der Waals surface area contributed by atoms with E-state index in [-0.39, 0.29) is 11.6 Å². The van der Waals surface area contributed by atoms with Gasteiger partial charge in [0.05, 0.1) is 18.3 Å². The topological polar surface area (TPSA) is 111 Å². The summed E-state index contributed by atoms with van der Waals surface area (Å²) in [5, 5.41) is 14.2. The molecule has 0 unspecified atom stereocenters. The molecule has 168 valence electrons. The van der Waals surface area contributed by atoms with Gasteiger partial charge in [-0.25, -0.2) is 15.0 Å². The number of pyridine rings is 1. The lowest BCUT2D eigenvalue weighted by Gasteiger charge is -2.11. The molecule has 0 aliphatic carbocycles. The SMILES string of the molecule is CN=C(/C=C\C(C)C)Nc1ncnc2ccc(Oc3ncc(OCCOC)cc3O)cc12. The molecule has 0 fully saturated rings. The molecule has 0 saturated carbocycles. The Labute approximate surface area is 186 Å². The van der Waals surface area contributed by atoms with Crippen LogP contribution >= 0.6 is 0 Å². The van der Waals surface area contributed by atoms with Crippen LogP contribution in [0.25, 0.3) is 10.9 Å². The Morgan fingerprint density at radius 1 is 1.16 bits per heavy atom. The van der Waals surface area contributed by atoms with Gasteiger partial charge in [0, 0.05) is 25.6 Å². The Morgan fingerprint density at radius 3 is 2.72 bits per heavy atom. The Balaban J connectivity index is 1.82. The van der Waals surface area contributed by atoms with Crippen molar-refractivity contribution >= 4 is 22.6 Å². The zero-order chi connectivity index (χ0) is 22.9. The summed E-state index contributed by atoms with van der Waals surface area (Å²) in [5.41, 5.74) is 0.734. The van der Waals surface area contributed by atoms with Crippen LogP contribution in [0, 0.1) is 5.92 Å². The number of rotatable bonds is 9. The summed E-state index contributed by atoms with van der Waals surface area (Å²) in [7, 11) is 3.30. The maximum absolute atomic E-state index is 10.3. The zero-order valence-electron chi connectivity index (χ0n) is 18.6. The van der Waals surface area contributed by atoms with Gasteiger partial charge in [-0.1, -0.05) is 19.9 Å². The van der Waals surface area contributed by atoms with Crippen LogP contribution < -0.4 is 14.8 Å². The summed E-state index contributed by atoms with van der Waals surface area (Å²) >= 11 is 0. The molecule has 0 spiro atoms. The van der Waals surface area contributed by atoms with E-state index in [1.807, 2.05) is 18.2 Å². The van der Waals surface area contributed by atoms with Crippen molar-refractivity contribution in [1.29, 1.82) is 0 Å². The number of ether oxygens (including phenoxy) is 3. The first-order valence-electron chi connectivity index (χ1n) is 10.2. The maximum Gasteiger partial charge on any atom is 0.262 e. The van der Waals surface area contributed by atoms with Crippen molar-refractivity contribution in [3.63, 3.8) is 0 Å². The third kappa shape index (κ3) is 6.14. The normalized spacial score (nSPS) is 12.0. The van der Waals surface area contributed by atoms with Gasteiger partial charge in [-0.05, 0) is 30.2 Å². The molecule has 2 heterocycles. The van der Waals surface area contributed by atoms with Crippen molar-refractivity contribution in [3.8, 4) is 23.1 Å². The predicted molar refractivity (Wildman–Crippen MR) is 124 cm³/mol. The highest BCUT2D eigenvalue weighted by molar-refractivity contribution is 6.07. The van der Waals surface area contributed by atoms with Crippen LogP contribution in [-0.2, 0) is 4.74 Å². The molecule has 2 aromatic heterocycles. The van der Waals surface area contributed by atoms with E-state index in [9.17, 15) is 5.11 Å². The number of benzene rings is 1. The molecule has 9 heteroatoms. The van der Waals surface area contributed by atoms with Gasteiger partial charge in [-0.2, -0.15) is 0 Å². The molecule has 0 amide bonds. The number of hydrogen-bond donors (Lipinski definition) is 2. The largest absolute Gasteiger partial charge is 0.503 e. The molecular weight excluding hydrogens is 410 g/mol. The lowest BCUT2D eigenvalue weighted by Crippen LogP contribution is -2.11. The summed E-state index contributed by atoms with van der Waals surface area (Å²) < 4.78 is 16.2. The van der Waals surface area contributed by atoms with E-state index >= 15 is 0 Å². The van der Waals surface area contributed by atoms with Crippen molar-refractivity contribution in [3.05, 3.63) is 48.9 Å².